The predicted octanol–water partition coefficient (Wildman–Crippen LogP) is 3.38. The summed E-state index contributed by atoms with van der Waals surface area (Å²) in [5.74, 6) is -0.120. The van der Waals surface area contributed by atoms with Gasteiger partial charge in [-0.15, -0.1) is 11.3 Å². The molecule has 0 bridgehead atoms. The standard InChI is InChI=1S/C14H13NO2S/c1-2-11-6-7-18-13(11)14(17)15-12-5-3-4-10(8-12)9-16/h3-9H,2H2,1H3,(H,15,17). The Morgan fingerprint density at radius 3 is 2.94 bits per heavy atom. The van der Waals surface area contributed by atoms with Crippen LogP contribution in [0.2, 0.25) is 0 Å². The number of hydrogen-bond acceptors (Lipinski definition) is 3. The molecule has 2 rings (SSSR count). The summed E-state index contributed by atoms with van der Waals surface area (Å²) in [7, 11) is 0. The molecular weight excluding hydrogens is 246 g/mol. The normalized spacial score (nSPS) is 10.1. The van der Waals surface area contributed by atoms with Gasteiger partial charge in [-0.3, -0.25) is 9.59 Å². The highest BCUT2D eigenvalue weighted by atomic mass is 32.1. The van der Waals surface area contributed by atoms with E-state index in [0.29, 0.717) is 11.3 Å². The van der Waals surface area contributed by atoms with Crippen LogP contribution in [0.15, 0.2) is 35.7 Å². The molecule has 0 fully saturated rings. The van der Waals surface area contributed by atoms with Crippen LogP contribution in [-0.2, 0) is 6.42 Å². The second-order valence-electron chi connectivity index (χ2n) is 3.83. The van der Waals surface area contributed by atoms with Gasteiger partial charge in [-0.1, -0.05) is 19.1 Å². The van der Waals surface area contributed by atoms with Gasteiger partial charge in [-0.2, -0.15) is 0 Å². The van der Waals surface area contributed by atoms with E-state index in [4.69, 9.17) is 0 Å². The molecule has 0 aliphatic heterocycles. The largest absolute Gasteiger partial charge is 0.321 e. The van der Waals surface area contributed by atoms with Crippen LogP contribution in [0.4, 0.5) is 5.69 Å². The molecule has 0 saturated heterocycles. The Bertz CT molecular complexity index is 575. The number of anilines is 1. The SMILES string of the molecule is CCc1ccsc1C(=O)Nc1cccc(C=O)c1. The van der Waals surface area contributed by atoms with Gasteiger partial charge in [0.2, 0.25) is 0 Å². The Kier molecular flexibility index (Phi) is 3.89. The molecule has 4 heteroatoms. The lowest BCUT2D eigenvalue weighted by Crippen LogP contribution is -2.12. The first-order valence-electron chi connectivity index (χ1n) is 5.67. The number of thiophene rings is 1. The second-order valence-corrected chi connectivity index (χ2v) is 4.74. The average Bonchev–Trinajstić information content (AvgIpc) is 2.87. The summed E-state index contributed by atoms with van der Waals surface area (Å²) in [5, 5.41) is 4.72. The van der Waals surface area contributed by atoms with Crippen LogP contribution in [0.25, 0.3) is 0 Å². The number of rotatable bonds is 4. The lowest BCUT2D eigenvalue weighted by molar-refractivity contribution is 0.102. The summed E-state index contributed by atoms with van der Waals surface area (Å²) in [6.07, 6.45) is 1.60. The number of carbonyl (C=O) groups is 2. The lowest BCUT2D eigenvalue weighted by atomic mass is 10.2. The summed E-state index contributed by atoms with van der Waals surface area (Å²) >= 11 is 1.43. The molecule has 0 aliphatic rings. The predicted molar refractivity (Wildman–Crippen MR) is 73.5 cm³/mol. The van der Waals surface area contributed by atoms with Gasteiger partial charge in [0.1, 0.15) is 6.29 Å². The molecule has 1 aromatic heterocycles. The van der Waals surface area contributed by atoms with Crippen LogP contribution in [0, 0.1) is 0 Å². The fourth-order valence-electron chi connectivity index (χ4n) is 1.69. The maximum atomic E-state index is 12.1. The van der Waals surface area contributed by atoms with Crippen molar-refractivity contribution in [3.05, 3.63) is 51.7 Å². The monoisotopic (exact) mass is 259 g/mol. The quantitative estimate of drug-likeness (QED) is 0.856. The fraction of sp³-hybridized carbons (Fsp3) is 0.143. The topological polar surface area (TPSA) is 46.2 Å². The number of nitrogens with one attached hydrogen (secondary N) is 1. The van der Waals surface area contributed by atoms with Crippen molar-refractivity contribution in [1.29, 1.82) is 0 Å². The third-order valence-corrected chi connectivity index (χ3v) is 3.57. The Balaban J connectivity index is 2.18. The molecule has 2 aromatic rings. The van der Waals surface area contributed by atoms with E-state index in [-0.39, 0.29) is 5.91 Å². The highest BCUT2D eigenvalue weighted by Gasteiger charge is 2.12. The Morgan fingerprint density at radius 1 is 1.39 bits per heavy atom. The molecule has 0 unspecified atom stereocenters. The highest BCUT2D eigenvalue weighted by molar-refractivity contribution is 7.12. The molecule has 1 N–H and O–H groups in total. The molecule has 18 heavy (non-hydrogen) atoms. The smallest absolute Gasteiger partial charge is 0.266 e. The number of carbonyl (C=O) groups excluding carboxylic acids is 2. The summed E-state index contributed by atoms with van der Waals surface area (Å²) in [6, 6.07) is 8.83. The van der Waals surface area contributed by atoms with Crippen LogP contribution < -0.4 is 5.32 Å². The first-order chi connectivity index (χ1) is 8.74. The van der Waals surface area contributed by atoms with Crippen LogP contribution >= 0.6 is 11.3 Å². The summed E-state index contributed by atoms with van der Waals surface area (Å²) in [6.45, 7) is 2.02. The average molecular weight is 259 g/mol. The van der Waals surface area contributed by atoms with Crippen molar-refractivity contribution in [2.75, 3.05) is 5.32 Å². The van der Waals surface area contributed by atoms with Crippen molar-refractivity contribution < 1.29 is 9.59 Å². The third-order valence-electron chi connectivity index (χ3n) is 2.61. The van der Waals surface area contributed by atoms with Gasteiger partial charge in [0.25, 0.3) is 5.91 Å². The molecule has 0 radical (unpaired) electrons. The van der Waals surface area contributed by atoms with E-state index in [1.54, 1.807) is 24.3 Å². The number of hydrogen-bond donors (Lipinski definition) is 1. The molecule has 3 nitrogen and oxygen atoms in total. The molecule has 0 saturated carbocycles. The first-order valence-corrected chi connectivity index (χ1v) is 6.55. The Labute approximate surface area is 109 Å². The summed E-state index contributed by atoms with van der Waals surface area (Å²) in [4.78, 5) is 23.5. The molecular formula is C14H13NO2S. The zero-order chi connectivity index (χ0) is 13.0. The molecule has 92 valence electrons. The van der Waals surface area contributed by atoms with E-state index in [0.717, 1.165) is 23.1 Å². The number of aryl methyl sites for hydroxylation is 1. The van der Waals surface area contributed by atoms with Crippen molar-refractivity contribution in [3.8, 4) is 0 Å². The van der Waals surface area contributed by atoms with E-state index in [9.17, 15) is 9.59 Å². The van der Waals surface area contributed by atoms with Crippen molar-refractivity contribution in [2.24, 2.45) is 0 Å². The highest BCUT2D eigenvalue weighted by Crippen LogP contribution is 2.19. The zero-order valence-electron chi connectivity index (χ0n) is 9.97. The minimum Gasteiger partial charge on any atom is -0.321 e. The Morgan fingerprint density at radius 2 is 2.22 bits per heavy atom. The Hall–Kier alpha value is -1.94. The van der Waals surface area contributed by atoms with Crippen molar-refractivity contribution in [2.45, 2.75) is 13.3 Å². The van der Waals surface area contributed by atoms with Gasteiger partial charge in [0.15, 0.2) is 0 Å². The maximum Gasteiger partial charge on any atom is 0.266 e. The first kappa shape index (κ1) is 12.5. The van der Waals surface area contributed by atoms with Crippen molar-refractivity contribution in [1.82, 2.24) is 0 Å². The van der Waals surface area contributed by atoms with Gasteiger partial charge >= 0.3 is 0 Å². The minimum atomic E-state index is -0.120. The van der Waals surface area contributed by atoms with Crippen LogP contribution in [0.3, 0.4) is 0 Å². The van der Waals surface area contributed by atoms with Crippen molar-refractivity contribution in [3.63, 3.8) is 0 Å². The van der Waals surface area contributed by atoms with E-state index in [1.807, 2.05) is 18.4 Å². The van der Waals surface area contributed by atoms with Crippen LogP contribution in [0.1, 0.15) is 32.5 Å². The maximum absolute atomic E-state index is 12.1. The minimum absolute atomic E-state index is 0.120. The number of benzene rings is 1. The lowest BCUT2D eigenvalue weighted by Gasteiger charge is -2.05. The van der Waals surface area contributed by atoms with Gasteiger partial charge in [0.05, 0.1) is 4.88 Å². The molecule has 1 heterocycles. The molecule has 1 aromatic carbocycles. The second kappa shape index (κ2) is 5.60. The third kappa shape index (κ3) is 2.65. The fourth-order valence-corrected chi connectivity index (χ4v) is 2.58. The molecule has 1 amide bonds. The number of aldehydes is 1. The summed E-state index contributed by atoms with van der Waals surface area (Å²) in [5.41, 5.74) is 2.23. The van der Waals surface area contributed by atoms with E-state index in [2.05, 4.69) is 5.32 Å². The van der Waals surface area contributed by atoms with Crippen LogP contribution in [0.5, 0.6) is 0 Å². The van der Waals surface area contributed by atoms with E-state index in [1.165, 1.54) is 11.3 Å². The summed E-state index contributed by atoms with van der Waals surface area (Å²) < 4.78 is 0. The van der Waals surface area contributed by atoms with Gasteiger partial charge in [-0.25, -0.2) is 0 Å². The number of amides is 1. The molecule has 0 aliphatic carbocycles. The molecule has 0 spiro atoms. The van der Waals surface area contributed by atoms with E-state index < -0.39 is 0 Å². The van der Waals surface area contributed by atoms with Gasteiger partial charge in [0, 0.05) is 11.3 Å². The van der Waals surface area contributed by atoms with Gasteiger partial charge < -0.3 is 5.32 Å². The van der Waals surface area contributed by atoms with Crippen molar-refractivity contribution >= 4 is 29.2 Å². The van der Waals surface area contributed by atoms with Gasteiger partial charge in [-0.05, 0) is 35.6 Å². The zero-order valence-corrected chi connectivity index (χ0v) is 10.8. The van der Waals surface area contributed by atoms with Crippen LogP contribution in [-0.4, -0.2) is 12.2 Å². The van der Waals surface area contributed by atoms with E-state index >= 15 is 0 Å². The molecule has 0 atom stereocenters.